The lowest BCUT2D eigenvalue weighted by Gasteiger charge is -2.34. The number of piperazine rings is 1. The van der Waals surface area contributed by atoms with Gasteiger partial charge in [-0.15, -0.1) is 11.3 Å². The molecule has 1 aromatic heterocycles. The van der Waals surface area contributed by atoms with Crippen LogP contribution in [0.5, 0.6) is 0 Å². The van der Waals surface area contributed by atoms with Crippen LogP contribution in [-0.2, 0) is 16.4 Å². The molecule has 1 saturated heterocycles. The number of hydrogen-bond donors (Lipinski definition) is 0. The molecule has 5 nitrogen and oxygen atoms in total. The van der Waals surface area contributed by atoms with Crippen LogP contribution in [0.1, 0.15) is 15.2 Å². The first-order valence-corrected chi connectivity index (χ1v) is 10.5. The van der Waals surface area contributed by atoms with E-state index in [4.69, 9.17) is 0 Å². The van der Waals surface area contributed by atoms with Gasteiger partial charge >= 0.3 is 0 Å². The molecule has 7 heteroatoms. The molecule has 1 amide bonds. The molecule has 0 spiro atoms. The van der Waals surface area contributed by atoms with E-state index < -0.39 is 9.84 Å². The van der Waals surface area contributed by atoms with Crippen molar-refractivity contribution in [2.75, 3.05) is 32.4 Å². The number of carbonyl (C=O) groups excluding carboxylic acids is 1. The molecule has 0 atom stereocenters. The fourth-order valence-corrected chi connectivity index (χ4v) is 4.14. The fraction of sp³-hybridized carbons (Fsp3) is 0.353. The highest BCUT2D eigenvalue weighted by molar-refractivity contribution is 7.90. The predicted molar refractivity (Wildman–Crippen MR) is 95.1 cm³/mol. The lowest BCUT2D eigenvalue weighted by atomic mass is 10.2. The van der Waals surface area contributed by atoms with Crippen molar-refractivity contribution in [1.82, 2.24) is 9.80 Å². The van der Waals surface area contributed by atoms with Crippen molar-refractivity contribution < 1.29 is 13.2 Å². The second-order valence-electron chi connectivity index (χ2n) is 5.94. The van der Waals surface area contributed by atoms with E-state index in [-0.39, 0.29) is 10.8 Å². The van der Waals surface area contributed by atoms with Crippen molar-refractivity contribution in [3.05, 3.63) is 52.2 Å². The van der Waals surface area contributed by atoms with Gasteiger partial charge in [0.25, 0.3) is 5.91 Å². The molecule has 1 aliphatic heterocycles. The molecule has 0 bridgehead atoms. The van der Waals surface area contributed by atoms with Crippen molar-refractivity contribution in [3.63, 3.8) is 0 Å². The summed E-state index contributed by atoms with van der Waals surface area (Å²) in [5, 5.41) is 2.08. The Morgan fingerprint density at radius 2 is 1.75 bits per heavy atom. The monoisotopic (exact) mass is 364 g/mol. The Bertz CT molecular complexity index is 791. The molecule has 1 aromatic carbocycles. The van der Waals surface area contributed by atoms with Gasteiger partial charge in [0.1, 0.15) is 0 Å². The van der Waals surface area contributed by atoms with Gasteiger partial charge in [-0.3, -0.25) is 9.69 Å². The summed E-state index contributed by atoms with van der Waals surface area (Å²) in [4.78, 5) is 18.3. The number of hydrogen-bond acceptors (Lipinski definition) is 5. The molecule has 0 unspecified atom stereocenters. The highest BCUT2D eigenvalue weighted by Gasteiger charge is 2.22. The summed E-state index contributed by atoms with van der Waals surface area (Å²) in [5.41, 5.74) is 0.536. The highest BCUT2D eigenvalue weighted by atomic mass is 32.2. The standard InChI is InChI=1S/C17H20N2O3S2/c1-24(21,22)16-6-4-14(5-7-16)17(20)19-10-8-18(9-11-19)13-15-3-2-12-23-15/h2-7,12H,8-11,13H2,1H3. The molecular weight excluding hydrogens is 344 g/mol. The van der Waals surface area contributed by atoms with E-state index in [1.807, 2.05) is 4.90 Å². The molecular formula is C17H20N2O3S2. The number of thiophene rings is 1. The molecule has 1 fully saturated rings. The number of sulfone groups is 1. The first kappa shape index (κ1) is 17.1. The minimum absolute atomic E-state index is 0.0363. The SMILES string of the molecule is CS(=O)(=O)c1ccc(C(=O)N2CCN(Cc3cccs3)CC2)cc1. The van der Waals surface area contributed by atoms with Crippen molar-refractivity contribution >= 4 is 27.1 Å². The summed E-state index contributed by atoms with van der Waals surface area (Å²) in [5.74, 6) is -0.0363. The maximum Gasteiger partial charge on any atom is 0.253 e. The van der Waals surface area contributed by atoms with Crippen LogP contribution in [0.4, 0.5) is 0 Å². The number of nitrogens with zero attached hydrogens (tertiary/aromatic N) is 2. The Hall–Kier alpha value is -1.70. The van der Waals surface area contributed by atoms with Crippen molar-refractivity contribution in [2.24, 2.45) is 0 Å². The molecule has 0 radical (unpaired) electrons. The van der Waals surface area contributed by atoms with Gasteiger partial charge in [0, 0.05) is 49.4 Å². The Labute approximate surface area is 146 Å². The summed E-state index contributed by atoms with van der Waals surface area (Å²) < 4.78 is 23.0. The summed E-state index contributed by atoms with van der Waals surface area (Å²) >= 11 is 1.75. The summed E-state index contributed by atoms with van der Waals surface area (Å²) in [6.45, 7) is 4.02. The zero-order valence-corrected chi connectivity index (χ0v) is 15.1. The van der Waals surface area contributed by atoms with Gasteiger partial charge in [-0.2, -0.15) is 0 Å². The van der Waals surface area contributed by atoms with E-state index in [9.17, 15) is 13.2 Å². The second kappa shape index (κ2) is 7.04. The molecule has 2 heterocycles. The number of amides is 1. The van der Waals surface area contributed by atoms with E-state index in [2.05, 4.69) is 22.4 Å². The molecule has 0 N–H and O–H groups in total. The lowest BCUT2D eigenvalue weighted by Crippen LogP contribution is -2.48. The number of rotatable bonds is 4. The van der Waals surface area contributed by atoms with Crippen LogP contribution in [0.25, 0.3) is 0 Å². The van der Waals surface area contributed by atoms with Crippen LogP contribution in [0.15, 0.2) is 46.7 Å². The maximum atomic E-state index is 12.5. The molecule has 3 rings (SSSR count). The molecule has 0 aliphatic carbocycles. The zero-order chi connectivity index (χ0) is 17.2. The van der Waals surface area contributed by atoms with Crippen LogP contribution in [0.2, 0.25) is 0 Å². The Balaban J connectivity index is 1.59. The van der Waals surface area contributed by atoms with Gasteiger partial charge < -0.3 is 4.90 Å². The number of carbonyl (C=O) groups is 1. The maximum absolute atomic E-state index is 12.5. The molecule has 2 aromatic rings. The van der Waals surface area contributed by atoms with Crippen LogP contribution in [0, 0.1) is 0 Å². The molecule has 0 saturated carbocycles. The topological polar surface area (TPSA) is 57.7 Å². The predicted octanol–water partition coefficient (Wildman–Crippen LogP) is 2.11. The third-order valence-corrected chi connectivity index (χ3v) is 6.14. The molecule has 24 heavy (non-hydrogen) atoms. The van der Waals surface area contributed by atoms with E-state index >= 15 is 0 Å². The zero-order valence-electron chi connectivity index (χ0n) is 13.5. The van der Waals surface area contributed by atoms with Gasteiger partial charge in [-0.25, -0.2) is 8.42 Å². The average molecular weight is 364 g/mol. The van der Waals surface area contributed by atoms with E-state index in [1.165, 1.54) is 17.0 Å². The highest BCUT2D eigenvalue weighted by Crippen LogP contribution is 2.16. The minimum Gasteiger partial charge on any atom is -0.336 e. The normalized spacial score (nSPS) is 16.3. The summed E-state index contributed by atoms with van der Waals surface area (Å²) in [6.07, 6.45) is 1.16. The quantitative estimate of drug-likeness (QED) is 0.834. The fourth-order valence-electron chi connectivity index (χ4n) is 2.76. The largest absolute Gasteiger partial charge is 0.336 e. The first-order chi connectivity index (χ1) is 11.4. The van der Waals surface area contributed by atoms with Crippen LogP contribution in [0.3, 0.4) is 0 Å². The van der Waals surface area contributed by atoms with Gasteiger partial charge in [0.05, 0.1) is 4.90 Å². The second-order valence-corrected chi connectivity index (χ2v) is 8.99. The third kappa shape index (κ3) is 4.03. The third-order valence-electron chi connectivity index (χ3n) is 4.15. The van der Waals surface area contributed by atoms with Crippen LogP contribution in [-0.4, -0.2) is 56.6 Å². The van der Waals surface area contributed by atoms with Crippen molar-refractivity contribution in [2.45, 2.75) is 11.4 Å². The van der Waals surface area contributed by atoms with Gasteiger partial charge in [-0.05, 0) is 35.7 Å². The summed E-state index contributed by atoms with van der Waals surface area (Å²) in [7, 11) is -3.23. The Morgan fingerprint density at radius 1 is 1.08 bits per heavy atom. The molecule has 1 aliphatic rings. The van der Waals surface area contributed by atoms with E-state index in [1.54, 1.807) is 23.5 Å². The van der Waals surface area contributed by atoms with E-state index in [0.29, 0.717) is 18.7 Å². The number of benzene rings is 1. The van der Waals surface area contributed by atoms with E-state index in [0.717, 1.165) is 25.9 Å². The summed E-state index contributed by atoms with van der Waals surface area (Å²) in [6, 6.07) is 10.4. The van der Waals surface area contributed by atoms with Crippen molar-refractivity contribution in [1.29, 1.82) is 0 Å². The molecule has 128 valence electrons. The van der Waals surface area contributed by atoms with Crippen LogP contribution >= 0.6 is 11.3 Å². The van der Waals surface area contributed by atoms with Crippen LogP contribution < -0.4 is 0 Å². The van der Waals surface area contributed by atoms with Crippen molar-refractivity contribution in [3.8, 4) is 0 Å². The Morgan fingerprint density at radius 3 is 2.29 bits per heavy atom. The minimum atomic E-state index is -3.23. The smallest absolute Gasteiger partial charge is 0.253 e. The van der Waals surface area contributed by atoms with Gasteiger partial charge in [0.2, 0.25) is 0 Å². The van der Waals surface area contributed by atoms with Gasteiger partial charge in [-0.1, -0.05) is 6.07 Å². The average Bonchev–Trinajstić information content (AvgIpc) is 3.07. The Kier molecular flexibility index (Phi) is 5.03. The first-order valence-electron chi connectivity index (χ1n) is 7.77. The van der Waals surface area contributed by atoms with Gasteiger partial charge in [0.15, 0.2) is 9.84 Å². The lowest BCUT2D eigenvalue weighted by molar-refractivity contribution is 0.0629.